The Hall–Kier alpha value is -3.44. The smallest absolute Gasteiger partial charge is 0.254 e. The van der Waals surface area contributed by atoms with Crippen molar-refractivity contribution in [3.8, 4) is 0 Å². The third kappa shape index (κ3) is 4.99. The Bertz CT molecular complexity index is 1300. The molecular formula is C27H26ClN3O2. The Morgan fingerprint density at radius 1 is 1.03 bits per heavy atom. The number of hydrogen-bond acceptors (Lipinski definition) is 3. The van der Waals surface area contributed by atoms with E-state index in [-0.39, 0.29) is 11.7 Å². The quantitative estimate of drug-likeness (QED) is 0.318. The van der Waals surface area contributed by atoms with Gasteiger partial charge in [-0.3, -0.25) is 14.6 Å². The van der Waals surface area contributed by atoms with E-state index in [0.717, 1.165) is 40.7 Å². The van der Waals surface area contributed by atoms with E-state index in [4.69, 9.17) is 11.6 Å². The molecule has 2 heterocycles. The first-order chi connectivity index (χ1) is 16.0. The normalized spacial score (nSPS) is 11.0. The van der Waals surface area contributed by atoms with Gasteiger partial charge in [-0.2, -0.15) is 0 Å². The van der Waals surface area contributed by atoms with Gasteiger partial charge in [0.1, 0.15) is 0 Å². The monoisotopic (exact) mass is 459 g/mol. The van der Waals surface area contributed by atoms with Crippen LogP contribution in [0.2, 0.25) is 5.02 Å². The molecule has 2 aromatic carbocycles. The standard InChI is InChI=1S/C27H26ClN3O2/c1-3-8-24-26(18(2)32)22-13-12-19(15-25(22)30-24)27(33)31(17-21-10-6-7-14-29-21)16-20-9-4-5-11-23(20)28/h4-7,9-15,30H,3,8,16-17H2,1-2H3. The average molecular weight is 460 g/mol. The lowest BCUT2D eigenvalue weighted by atomic mass is 10.0. The lowest BCUT2D eigenvalue weighted by Crippen LogP contribution is -2.30. The second kappa shape index (κ2) is 10.0. The summed E-state index contributed by atoms with van der Waals surface area (Å²) in [6.45, 7) is 4.37. The lowest BCUT2D eigenvalue weighted by molar-refractivity contribution is 0.0728. The van der Waals surface area contributed by atoms with Crippen LogP contribution in [0.4, 0.5) is 0 Å². The van der Waals surface area contributed by atoms with E-state index < -0.39 is 0 Å². The summed E-state index contributed by atoms with van der Waals surface area (Å²) in [5, 5.41) is 1.47. The van der Waals surface area contributed by atoms with Crippen LogP contribution in [0.25, 0.3) is 10.9 Å². The number of pyridine rings is 1. The Morgan fingerprint density at radius 2 is 1.82 bits per heavy atom. The summed E-state index contributed by atoms with van der Waals surface area (Å²) in [4.78, 5) is 35.4. The van der Waals surface area contributed by atoms with Crippen molar-refractivity contribution < 1.29 is 9.59 Å². The van der Waals surface area contributed by atoms with Crippen molar-refractivity contribution >= 4 is 34.2 Å². The number of amides is 1. The van der Waals surface area contributed by atoms with Gasteiger partial charge in [0.05, 0.1) is 12.2 Å². The third-order valence-electron chi connectivity index (χ3n) is 5.66. The molecule has 0 radical (unpaired) electrons. The summed E-state index contributed by atoms with van der Waals surface area (Å²) in [5.74, 6) is -0.0993. The molecule has 0 spiro atoms. The molecule has 6 heteroatoms. The van der Waals surface area contributed by atoms with Gasteiger partial charge < -0.3 is 9.88 Å². The van der Waals surface area contributed by atoms with Crippen molar-refractivity contribution in [2.75, 3.05) is 0 Å². The molecule has 0 bridgehead atoms. The van der Waals surface area contributed by atoms with Crippen molar-refractivity contribution in [2.45, 2.75) is 39.8 Å². The minimum Gasteiger partial charge on any atom is -0.358 e. The number of carbonyl (C=O) groups is 2. The number of H-pyrrole nitrogens is 1. The minimum atomic E-state index is -0.126. The molecular weight excluding hydrogens is 434 g/mol. The highest BCUT2D eigenvalue weighted by Crippen LogP contribution is 2.27. The molecule has 0 saturated heterocycles. The van der Waals surface area contributed by atoms with Gasteiger partial charge in [-0.1, -0.05) is 55.3 Å². The van der Waals surface area contributed by atoms with E-state index in [0.29, 0.717) is 29.2 Å². The van der Waals surface area contributed by atoms with Gasteiger partial charge in [0.25, 0.3) is 5.91 Å². The van der Waals surface area contributed by atoms with E-state index in [1.54, 1.807) is 24.1 Å². The fourth-order valence-corrected chi connectivity index (χ4v) is 4.32. The first-order valence-electron chi connectivity index (χ1n) is 11.1. The molecule has 4 rings (SSSR count). The molecule has 168 valence electrons. The maximum Gasteiger partial charge on any atom is 0.254 e. The molecule has 0 unspecified atom stereocenters. The first kappa shape index (κ1) is 22.7. The average Bonchev–Trinajstić information content (AvgIpc) is 3.18. The SMILES string of the molecule is CCCc1[nH]c2cc(C(=O)N(Cc3ccccn3)Cc3ccccc3Cl)ccc2c1C(C)=O. The molecule has 5 nitrogen and oxygen atoms in total. The van der Waals surface area contributed by atoms with E-state index in [1.165, 1.54) is 0 Å². The molecule has 1 amide bonds. The van der Waals surface area contributed by atoms with Crippen LogP contribution in [0, 0.1) is 0 Å². The highest BCUT2D eigenvalue weighted by molar-refractivity contribution is 6.31. The predicted molar refractivity (Wildman–Crippen MR) is 132 cm³/mol. The summed E-state index contributed by atoms with van der Waals surface area (Å²) < 4.78 is 0. The van der Waals surface area contributed by atoms with Crippen LogP contribution in [-0.4, -0.2) is 26.6 Å². The van der Waals surface area contributed by atoms with Crippen molar-refractivity contribution in [2.24, 2.45) is 0 Å². The molecule has 0 aliphatic rings. The van der Waals surface area contributed by atoms with Gasteiger partial charge >= 0.3 is 0 Å². The topological polar surface area (TPSA) is 66.1 Å². The third-order valence-corrected chi connectivity index (χ3v) is 6.03. The molecule has 2 aromatic heterocycles. The molecule has 4 aromatic rings. The second-order valence-electron chi connectivity index (χ2n) is 8.12. The number of aromatic nitrogens is 2. The second-order valence-corrected chi connectivity index (χ2v) is 8.53. The van der Waals surface area contributed by atoms with E-state index in [1.807, 2.05) is 54.6 Å². The maximum absolute atomic E-state index is 13.6. The molecule has 0 saturated carbocycles. The van der Waals surface area contributed by atoms with Gasteiger partial charge in [-0.15, -0.1) is 0 Å². The van der Waals surface area contributed by atoms with Crippen molar-refractivity contribution in [1.82, 2.24) is 14.9 Å². The number of rotatable bonds is 8. The zero-order valence-electron chi connectivity index (χ0n) is 18.8. The summed E-state index contributed by atoms with van der Waals surface area (Å²) >= 11 is 6.39. The van der Waals surface area contributed by atoms with E-state index >= 15 is 0 Å². The number of benzene rings is 2. The number of aromatic amines is 1. The molecule has 0 aliphatic heterocycles. The van der Waals surface area contributed by atoms with Gasteiger partial charge in [-0.25, -0.2) is 0 Å². The molecule has 0 atom stereocenters. The van der Waals surface area contributed by atoms with Gasteiger partial charge in [0, 0.05) is 45.5 Å². The Morgan fingerprint density at radius 3 is 2.52 bits per heavy atom. The molecule has 0 fully saturated rings. The first-order valence-corrected chi connectivity index (χ1v) is 11.4. The number of halogens is 1. The van der Waals surface area contributed by atoms with Gasteiger partial charge in [0.15, 0.2) is 5.78 Å². The zero-order valence-corrected chi connectivity index (χ0v) is 19.5. The number of ketones is 1. The molecule has 1 N–H and O–H groups in total. The number of nitrogens with one attached hydrogen (secondary N) is 1. The van der Waals surface area contributed by atoms with Crippen LogP contribution in [0.5, 0.6) is 0 Å². The summed E-state index contributed by atoms with van der Waals surface area (Å²) in [7, 11) is 0. The summed E-state index contributed by atoms with van der Waals surface area (Å²) in [5.41, 5.74) is 4.64. The highest BCUT2D eigenvalue weighted by atomic mass is 35.5. The van der Waals surface area contributed by atoms with Crippen LogP contribution < -0.4 is 0 Å². The Balaban J connectivity index is 1.71. The van der Waals surface area contributed by atoms with Crippen LogP contribution in [0.3, 0.4) is 0 Å². The Kier molecular flexibility index (Phi) is 6.90. The summed E-state index contributed by atoms with van der Waals surface area (Å²) in [6.07, 6.45) is 3.43. The van der Waals surface area contributed by atoms with Crippen LogP contribution >= 0.6 is 11.6 Å². The van der Waals surface area contributed by atoms with Gasteiger partial charge in [-0.05, 0) is 49.2 Å². The number of carbonyl (C=O) groups excluding carboxylic acids is 2. The van der Waals surface area contributed by atoms with Crippen LogP contribution in [-0.2, 0) is 19.5 Å². The number of nitrogens with zero attached hydrogens (tertiary/aromatic N) is 2. The maximum atomic E-state index is 13.6. The van der Waals surface area contributed by atoms with E-state index in [2.05, 4.69) is 16.9 Å². The van der Waals surface area contributed by atoms with E-state index in [9.17, 15) is 9.59 Å². The van der Waals surface area contributed by atoms with Crippen molar-refractivity contribution in [1.29, 1.82) is 0 Å². The number of aryl methyl sites for hydroxylation is 1. The zero-order chi connectivity index (χ0) is 23.4. The summed E-state index contributed by atoms with van der Waals surface area (Å²) in [6, 6.07) is 18.7. The highest BCUT2D eigenvalue weighted by Gasteiger charge is 2.21. The fourth-order valence-electron chi connectivity index (χ4n) is 4.13. The minimum absolute atomic E-state index is 0.0271. The van der Waals surface area contributed by atoms with Crippen LogP contribution in [0.1, 0.15) is 57.9 Å². The Labute approximate surface area is 198 Å². The van der Waals surface area contributed by atoms with Crippen molar-refractivity contribution in [3.63, 3.8) is 0 Å². The number of hydrogen-bond donors (Lipinski definition) is 1. The predicted octanol–water partition coefficient (Wildman–Crippen LogP) is 6.21. The molecule has 33 heavy (non-hydrogen) atoms. The lowest BCUT2D eigenvalue weighted by Gasteiger charge is -2.23. The van der Waals surface area contributed by atoms with Crippen LogP contribution in [0.15, 0.2) is 66.9 Å². The van der Waals surface area contributed by atoms with Crippen molar-refractivity contribution in [3.05, 3.63) is 100.0 Å². The fraction of sp³-hybridized carbons (Fsp3) is 0.222. The van der Waals surface area contributed by atoms with Gasteiger partial charge in [0.2, 0.25) is 0 Å². The largest absolute Gasteiger partial charge is 0.358 e. The number of Topliss-reactive ketones (excluding diaryl/α,β-unsaturated/α-hetero) is 1. The molecule has 0 aliphatic carbocycles. The number of fused-ring (bicyclic) bond motifs is 1.